The molecule has 0 aliphatic rings. The van der Waals surface area contributed by atoms with Gasteiger partial charge in [-0.05, 0) is 25.7 Å². The highest BCUT2D eigenvalue weighted by Crippen LogP contribution is 2.16. The van der Waals surface area contributed by atoms with Crippen LogP contribution in [0.1, 0.15) is 245 Å². The molecule has 0 unspecified atom stereocenters. The van der Waals surface area contributed by atoms with E-state index in [9.17, 15) is 5.11 Å². The van der Waals surface area contributed by atoms with E-state index < -0.39 is 0 Å². The monoisotopic (exact) mass is 635 g/mol. The molecule has 3 heteroatoms. The number of unbranched alkanes of at least 4 members (excludes halogenated alkanes) is 33. The van der Waals surface area contributed by atoms with Crippen molar-refractivity contribution < 1.29 is 9.70 Å². The first kappa shape index (κ1) is 44.4. The lowest BCUT2D eigenvalue weighted by atomic mass is 10.0. The van der Waals surface area contributed by atoms with Gasteiger partial charge in [-0.2, -0.15) is 0 Å². The van der Waals surface area contributed by atoms with Gasteiger partial charge in [0.1, 0.15) is 6.54 Å². The fraction of sp³-hybridized carbons (Fsp3) is 0.976. The van der Waals surface area contributed by atoms with Crippen molar-refractivity contribution >= 4 is 5.90 Å². The molecule has 0 amide bonds. The highest BCUT2D eigenvalue weighted by Gasteiger charge is 2.12. The highest BCUT2D eigenvalue weighted by molar-refractivity contribution is 5.70. The molecule has 0 saturated carbocycles. The van der Waals surface area contributed by atoms with Crippen molar-refractivity contribution in [2.24, 2.45) is 5.10 Å². The minimum absolute atomic E-state index is 0.114. The molecule has 45 heavy (non-hydrogen) atoms. The Balaban J connectivity index is 3.44. The first-order valence-electron chi connectivity index (χ1n) is 21.1. The third kappa shape index (κ3) is 37.8. The Morgan fingerprint density at radius 3 is 0.844 bits per heavy atom. The molecule has 0 aliphatic heterocycles. The maximum absolute atomic E-state index is 12.4. The molecule has 0 radical (unpaired) electrons. The Hall–Kier alpha value is -0.570. The number of quaternary nitrogens is 1. The van der Waals surface area contributed by atoms with E-state index in [1.807, 2.05) is 0 Å². The van der Waals surface area contributed by atoms with Crippen LogP contribution in [0.15, 0.2) is 5.10 Å². The van der Waals surface area contributed by atoms with Crippen molar-refractivity contribution in [3.63, 3.8) is 0 Å². The standard InChI is InChI=1S/C42H86N2O/c1-5-7-9-11-13-15-17-19-21-23-25-27-29-31-33-35-37-39-41-44(3,4)43-42(45)40-38-36-34-32-30-28-26-24-22-20-18-16-14-12-10-8-6-2/h5-41H2,1-4H3. The molecular formula is C42H86N2O. The van der Waals surface area contributed by atoms with Crippen LogP contribution in [-0.4, -0.2) is 31.1 Å². The molecule has 0 aromatic carbocycles. The minimum atomic E-state index is 0.114. The van der Waals surface area contributed by atoms with Crippen LogP contribution in [0.2, 0.25) is 0 Å². The van der Waals surface area contributed by atoms with Crippen molar-refractivity contribution in [1.29, 1.82) is 0 Å². The van der Waals surface area contributed by atoms with Crippen molar-refractivity contribution in [3.8, 4) is 0 Å². The van der Waals surface area contributed by atoms with Gasteiger partial charge in [-0.25, -0.2) is 4.59 Å². The van der Waals surface area contributed by atoms with E-state index in [0.717, 1.165) is 13.0 Å². The third-order valence-corrected chi connectivity index (χ3v) is 9.94. The van der Waals surface area contributed by atoms with Crippen LogP contribution in [0.3, 0.4) is 0 Å². The summed E-state index contributed by atoms with van der Waals surface area (Å²) >= 11 is 0. The molecule has 0 bridgehead atoms. The molecule has 0 atom stereocenters. The molecule has 0 aromatic rings. The van der Waals surface area contributed by atoms with Crippen LogP contribution in [0.4, 0.5) is 0 Å². The van der Waals surface area contributed by atoms with Crippen LogP contribution in [0.5, 0.6) is 0 Å². The zero-order valence-electron chi connectivity index (χ0n) is 32.0. The highest BCUT2D eigenvalue weighted by atomic mass is 16.3. The molecule has 0 heterocycles. The van der Waals surface area contributed by atoms with E-state index in [-0.39, 0.29) is 5.90 Å². The zero-order chi connectivity index (χ0) is 32.9. The van der Waals surface area contributed by atoms with Gasteiger partial charge in [0.15, 0.2) is 0 Å². The van der Waals surface area contributed by atoms with Gasteiger partial charge in [0, 0.05) is 5.90 Å². The predicted octanol–water partition coefficient (Wildman–Crippen LogP) is 13.8. The Morgan fingerprint density at radius 2 is 0.578 bits per heavy atom. The van der Waals surface area contributed by atoms with Gasteiger partial charge in [0.05, 0.1) is 14.1 Å². The van der Waals surface area contributed by atoms with Crippen molar-refractivity contribution in [2.75, 3.05) is 20.6 Å². The third-order valence-electron chi connectivity index (χ3n) is 9.94. The van der Waals surface area contributed by atoms with E-state index in [2.05, 4.69) is 33.0 Å². The maximum atomic E-state index is 12.4. The normalized spacial score (nSPS) is 12.4. The average molecular weight is 635 g/mol. The van der Waals surface area contributed by atoms with Crippen LogP contribution < -0.4 is 5.11 Å². The minimum Gasteiger partial charge on any atom is -0.858 e. The average Bonchev–Trinajstić information content (AvgIpc) is 3.01. The van der Waals surface area contributed by atoms with Gasteiger partial charge in [-0.15, -0.1) is 5.10 Å². The summed E-state index contributed by atoms with van der Waals surface area (Å²) in [6.45, 7) is 5.58. The van der Waals surface area contributed by atoms with Crippen molar-refractivity contribution in [3.05, 3.63) is 0 Å². The number of nitrogens with zero attached hydrogens (tertiary/aromatic N) is 2. The van der Waals surface area contributed by atoms with Gasteiger partial charge in [-0.3, -0.25) is 0 Å². The Morgan fingerprint density at radius 1 is 0.356 bits per heavy atom. The Labute approximate surface area is 285 Å². The van der Waals surface area contributed by atoms with Crippen LogP contribution in [0, 0.1) is 0 Å². The largest absolute Gasteiger partial charge is 0.858 e. The van der Waals surface area contributed by atoms with E-state index in [1.165, 1.54) is 218 Å². The second-order valence-corrected chi connectivity index (χ2v) is 15.3. The molecule has 0 saturated heterocycles. The molecule has 0 aromatic heterocycles. The number of hydrogen-bond acceptors (Lipinski definition) is 2. The summed E-state index contributed by atoms with van der Waals surface area (Å²) in [5.41, 5.74) is 0. The van der Waals surface area contributed by atoms with Gasteiger partial charge in [0.2, 0.25) is 0 Å². The SMILES string of the molecule is CCCCCCCCCCCCCCCCCCCC[N+](C)(C)/N=C(\[O-])CCCCCCCCCCCCCCCCCCC. The summed E-state index contributed by atoms with van der Waals surface area (Å²) < 4.78 is 0.511. The fourth-order valence-corrected chi connectivity index (χ4v) is 6.80. The predicted molar refractivity (Wildman–Crippen MR) is 202 cm³/mol. The molecule has 0 aliphatic carbocycles. The topological polar surface area (TPSA) is 35.4 Å². The first-order chi connectivity index (χ1) is 22.0. The van der Waals surface area contributed by atoms with Crippen molar-refractivity contribution in [1.82, 2.24) is 0 Å². The number of rotatable bonds is 38. The Bertz CT molecular complexity index is 587. The molecule has 0 N–H and O–H groups in total. The van der Waals surface area contributed by atoms with Gasteiger partial charge in [-0.1, -0.05) is 219 Å². The van der Waals surface area contributed by atoms with Crippen LogP contribution in [0.25, 0.3) is 0 Å². The molecule has 3 nitrogen and oxygen atoms in total. The molecule has 0 spiro atoms. The lowest BCUT2D eigenvalue weighted by Crippen LogP contribution is -2.38. The zero-order valence-corrected chi connectivity index (χ0v) is 32.0. The van der Waals surface area contributed by atoms with Crippen LogP contribution in [-0.2, 0) is 0 Å². The summed E-state index contributed by atoms with van der Waals surface area (Å²) in [5.74, 6) is 0.114. The summed E-state index contributed by atoms with van der Waals surface area (Å²) in [4.78, 5) is 0. The molecule has 270 valence electrons. The molecule has 0 rings (SSSR count). The smallest absolute Gasteiger partial charge is 0.103 e. The number of hydrogen-bond donors (Lipinski definition) is 0. The van der Waals surface area contributed by atoms with E-state index in [0.29, 0.717) is 11.0 Å². The summed E-state index contributed by atoms with van der Waals surface area (Å²) in [6, 6.07) is 0. The quantitative estimate of drug-likeness (QED) is 0.0219. The first-order valence-corrected chi connectivity index (χ1v) is 21.1. The van der Waals surface area contributed by atoms with E-state index >= 15 is 0 Å². The molecular weight excluding hydrogens is 548 g/mol. The maximum Gasteiger partial charge on any atom is 0.103 e. The van der Waals surface area contributed by atoms with Crippen molar-refractivity contribution in [2.45, 2.75) is 245 Å². The van der Waals surface area contributed by atoms with E-state index in [1.54, 1.807) is 0 Å². The Kier molecular flexibility index (Phi) is 35.8. The van der Waals surface area contributed by atoms with Gasteiger partial charge in [0.25, 0.3) is 0 Å². The van der Waals surface area contributed by atoms with Gasteiger partial charge < -0.3 is 5.11 Å². The van der Waals surface area contributed by atoms with E-state index in [4.69, 9.17) is 0 Å². The second kappa shape index (κ2) is 36.3. The molecule has 0 fully saturated rings. The summed E-state index contributed by atoms with van der Waals surface area (Å²) in [7, 11) is 4.19. The fourth-order valence-electron chi connectivity index (χ4n) is 6.80. The van der Waals surface area contributed by atoms with Gasteiger partial charge >= 0.3 is 0 Å². The second-order valence-electron chi connectivity index (χ2n) is 15.3. The lowest BCUT2D eigenvalue weighted by Gasteiger charge is -2.25. The summed E-state index contributed by atoms with van der Waals surface area (Å²) in [5, 5.41) is 17.0. The van der Waals surface area contributed by atoms with Crippen LogP contribution >= 0.6 is 0 Å². The summed E-state index contributed by atoms with van der Waals surface area (Å²) in [6.07, 6.45) is 49.3. The lowest BCUT2D eigenvalue weighted by molar-refractivity contribution is -0.898.